The molecule has 5 heteroatoms. The largest absolute Gasteiger partial charge is 0.364 e. The van der Waals surface area contributed by atoms with Crippen LogP contribution in [0.25, 0.3) is 0 Å². The number of nitrogens with one attached hydrogen (secondary N) is 1. The van der Waals surface area contributed by atoms with E-state index in [2.05, 4.69) is 50.4 Å². The first-order chi connectivity index (χ1) is 10.4. The van der Waals surface area contributed by atoms with Crippen LogP contribution in [0.4, 0.5) is 0 Å². The van der Waals surface area contributed by atoms with Crippen molar-refractivity contribution in [3.63, 3.8) is 0 Å². The van der Waals surface area contributed by atoms with Gasteiger partial charge in [0.05, 0.1) is 6.10 Å². The van der Waals surface area contributed by atoms with Gasteiger partial charge in [-0.3, -0.25) is 4.79 Å². The number of halogens is 1. The maximum Gasteiger partial charge on any atom is 0.249 e. The van der Waals surface area contributed by atoms with E-state index in [4.69, 9.17) is 10.5 Å². The molecule has 0 spiro atoms. The molecule has 1 heterocycles. The van der Waals surface area contributed by atoms with Gasteiger partial charge in [0.2, 0.25) is 5.91 Å². The number of carbonyl (C=O) groups excluding carboxylic acids is 1. The number of hydrogen-bond acceptors (Lipinski definition) is 3. The average Bonchev–Trinajstić information content (AvgIpc) is 2.96. The Kier molecular flexibility index (Phi) is 7.52. The van der Waals surface area contributed by atoms with Gasteiger partial charge in [0.1, 0.15) is 6.10 Å². The summed E-state index contributed by atoms with van der Waals surface area (Å²) in [6, 6.07) is 10.5. The van der Waals surface area contributed by atoms with Crippen LogP contribution in [0.1, 0.15) is 45.6 Å². The molecule has 1 aliphatic heterocycles. The smallest absolute Gasteiger partial charge is 0.249 e. The molecule has 0 aromatic heterocycles. The summed E-state index contributed by atoms with van der Waals surface area (Å²) in [7, 11) is 0. The molecular formula is C18H29ClN2O2. The minimum Gasteiger partial charge on any atom is -0.364 e. The molecule has 1 aromatic carbocycles. The standard InChI is InChI=1S/C18H28N2O2.ClH/c1-13(11-18(2,3)14-7-5-4-6-8-14)20-17(21)16-10-9-15(12-19)22-16;/h4-8,13,15-16H,9-12,19H2,1-3H3,(H,20,21);1H/t13?,15-,16+;/m1./s1. The number of benzene rings is 1. The van der Waals surface area contributed by atoms with Gasteiger partial charge in [-0.25, -0.2) is 0 Å². The molecule has 4 nitrogen and oxygen atoms in total. The molecule has 3 N–H and O–H groups in total. The van der Waals surface area contributed by atoms with E-state index >= 15 is 0 Å². The van der Waals surface area contributed by atoms with Crippen LogP contribution >= 0.6 is 12.4 Å². The molecule has 1 aromatic rings. The third-order valence-electron chi connectivity index (χ3n) is 4.42. The van der Waals surface area contributed by atoms with Crippen molar-refractivity contribution in [1.82, 2.24) is 5.32 Å². The fourth-order valence-electron chi connectivity index (χ4n) is 3.23. The van der Waals surface area contributed by atoms with Crippen molar-refractivity contribution in [2.24, 2.45) is 5.73 Å². The van der Waals surface area contributed by atoms with E-state index in [0.29, 0.717) is 6.54 Å². The van der Waals surface area contributed by atoms with Crippen molar-refractivity contribution in [3.05, 3.63) is 35.9 Å². The van der Waals surface area contributed by atoms with Crippen molar-refractivity contribution in [1.29, 1.82) is 0 Å². The van der Waals surface area contributed by atoms with Crippen LogP contribution in [-0.4, -0.2) is 30.7 Å². The highest BCUT2D eigenvalue weighted by Gasteiger charge is 2.31. The van der Waals surface area contributed by atoms with Crippen LogP contribution in [-0.2, 0) is 14.9 Å². The number of carbonyl (C=O) groups is 1. The Morgan fingerprint density at radius 3 is 2.57 bits per heavy atom. The molecule has 1 fully saturated rings. The van der Waals surface area contributed by atoms with E-state index in [9.17, 15) is 4.79 Å². The average molecular weight is 341 g/mol. The van der Waals surface area contributed by atoms with Crippen molar-refractivity contribution in [2.75, 3.05) is 6.54 Å². The Morgan fingerprint density at radius 2 is 2.00 bits per heavy atom. The van der Waals surface area contributed by atoms with Crippen molar-refractivity contribution in [2.45, 2.75) is 63.7 Å². The van der Waals surface area contributed by atoms with E-state index in [1.165, 1.54) is 5.56 Å². The fraction of sp³-hybridized carbons (Fsp3) is 0.611. The molecule has 1 saturated heterocycles. The maximum absolute atomic E-state index is 12.3. The number of nitrogens with two attached hydrogens (primary N) is 1. The van der Waals surface area contributed by atoms with Crippen molar-refractivity contribution in [3.8, 4) is 0 Å². The number of hydrogen-bond donors (Lipinski definition) is 2. The summed E-state index contributed by atoms with van der Waals surface area (Å²) in [5.74, 6) is -0.00712. The lowest BCUT2D eigenvalue weighted by atomic mass is 9.79. The highest BCUT2D eigenvalue weighted by Crippen LogP contribution is 2.28. The van der Waals surface area contributed by atoms with Gasteiger partial charge in [0, 0.05) is 12.6 Å². The maximum atomic E-state index is 12.3. The third kappa shape index (κ3) is 5.48. The summed E-state index contributed by atoms with van der Waals surface area (Å²) in [5, 5.41) is 3.09. The molecule has 0 bridgehead atoms. The zero-order valence-corrected chi connectivity index (χ0v) is 15.1. The second-order valence-corrected chi connectivity index (χ2v) is 6.92. The zero-order chi connectivity index (χ0) is 16.2. The zero-order valence-electron chi connectivity index (χ0n) is 14.2. The van der Waals surface area contributed by atoms with Crippen LogP contribution in [0.15, 0.2) is 30.3 Å². The molecular weight excluding hydrogens is 312 g/mol. The fourth-order valence-corrected chi connectivity index (χ4v) is 3.23. The van der Waals surface area contributed by atoms with Gasteiger partial charge in [-0.1, -0.05) is 44.2 Å². The third-order valence-corrected chi connectivity index (χ3v) is 4.42. The Morgan fingerprint density at radius 1 is 1.35 bits per heavy atom. The summed E-state index contributed by atoms with van der Waals surface area (Å²) in [6.45, 7) is 6.96. The Balaban J connectivity index is 0.00000264. The first-order valence-electron chi connectivity index (χ1n) is 8.14. The monoisotopic (exact) mass is 340 g/mol. The topological polar surface area (TPSA) is 64.4 Å². The van der Waals surface area contributed by atoms with Crippen molar-refractivity contribution < 1.29 is 9.53 Å². The summed E-state index contributed by atoms with van der Waals surface area (Å²) >= 11 is 0. The molecule has 3 atom stereocenters. The molecule has 23 heavy (non-hydrogen) atoms. The van der Waals surface area contributed by atoms with Crippen LogP contribution in [0.2, 0.25) is 0 Å². The first kappa shape index (κ1) is 19.9. The Hall–Kier alpha value is -1.10. The summed E-state index contributed by atoms with van der Waals surface area (Å²) in [4.78, 5) is 12.3. The van der Waals surface area contributed by atoms with Gasteiger partial charge in [0.25, 0.3) is 0 Å². The van der Waals surface area contributed by atoms with E-state index < -0.39 is 0 Å². The quantitative estimate of drug-likeness (QED) is 0.837. The molecule has 0 aliphatic carbocycles. The van der Waals surface area contributed by atoms with Crippen LogP contribution in [0, 0.1) is 0 Å². The molecule has 1 unspecified atom stereocenters. The summed E-state index contributed by atoms with van der Waals surface area (Å²) in [6.07, 6.45) is 2.22. The summed E-state index contributed by atoms with van der Waals surface area (Å²) in [5.41, 5.74) is 6.89. The minimum absolute atomic E-state index is 0. The van der Waals surface area contributed by atoms with Gasteiger partial charge in [-0.05, 0) is 37.2 Å². The van der Waals surface area contributed by atoms with E-state index in [1.807, 2.05) is 6.07 Å². The number of rotatable bonds is 6. The molecule has 1 aliphatic rings. The molecule has 2 rings (SSSR count). The van der Waals surface area contributed by atoms with Gasteiger partial charge in [0.15, 0.2) is 0 Å². The second-order valence-electron chi connectivity index (χ2n) is 6.92. The van der Waals surface area contributed by atoms with Crippen LogP contribution < -0.4 is 11.1 Å². The Labute approximate surface area is 145 Å². The van der Waals surface area contributed by atoms with Crippen molar-refractivity contribution >= 4 is 18.3 Å². The lowest BCUT2D eigenvalue weighted by Crippen LogP contribution is -2.42. The second kappa shape index (κ2) is 8.67. The minimum atomic E-state index is -0.337. The number of amides is 1. The van der Waals surface area contributed by atoms with Crippen LogP contribution in [0.5, 0.6) is 0 Å². The van der Waals surface area contributed by atoms with Gasteiger partial charge in [-0.15, -0.1) is 12.4 Å². The highest BCUT2D eigenvalue weighted by atomic mass is 35.5. The summed E-state index contributed by atoms with van der Waals surface area (Å²) < 4.78 is 5.65. The highest BCUT2D eigenvalue weighted by molar-refractivity contribution is 5.85. The molecule has 0 saturated carbocycles. The predicted molar refractivity (Wildman–Crippen MR) is 95.9 cm³/mol. The number of ether oxygens (including phenoxy) is 1. The normalized spacial score (nSPS) is 22.3. The molecule has 130 valence electrons. The predicted octanol–water partition coefficient (Wildman–Crippen LogP) is 2.79. The lowest BCUT2D eigenvalue weighted by molar-refractivity contribution is -0.132. The lowest BCUT2D eigenvalue weighted by Gasteiger charge is -2.29. The van der Waals surface area contributed by atoms with Gasteiger partial charge in [-0.2, -0.15) is 0 Å². The molecule has 1 amide bonds. The van der Waals surface area contributed by atoms with Gasteiger partial charge < -0.3 is 15.8 Å². The SMILES string of the molecule is CC(CC(C)(C)c1ccccc1)NC(=O)[C@@H]1CC[C@H](CN)O1.Cl. The van der Waals surface area contributed by atoms with E-state index in [1.54, 1.807) is 0 Å². The first-order valence-corrected chi connectivity index (χ1v) is 8.14. The Bertz CT molecular complexity index is 493. The van der Waals surface area contributed by atoms with E-state index in [-0.39, 0.29) is 42.0 Å². The van der Waals surface area contributed by atoms with E-state index in [0.717, 1.165) is 19.3 Å². The van der Waals surface area contributed by atoms with Crippen LogP contribution in [0.3, 0.4) is 0 Å². The molecule has 0 radical (unpaired) electrons. The van der Waals surface area contributed by atoms with Gasteiger partial charge >= 0.3 is 0 Å².